The maximum Gasteiger partial charge on any atom is 0.219 e. The smallest absolute Gasteiger partial charge is 0.219 e. The number of amides is 1. The van der Waals surface area contributed by atoms with E-state index < -0.39 is 11.2 Å². The molecule has 4 aromatic carbocycles. The van der Waals surface area contributed by atoms with Crippen molar-refractivity contribution in [2.45, 2.75) is 63.9 Å². The number of hydrogen-bond donors (Lipinski definition) is 0. The maximum atomic E-state index is 11.6. The molecular formula is C53H66Cl2N6O8. The predicted molar refractivity (Wildman–Crippen MR) is 269 cm³/mol. The lowest BCUT2D eigenvalue weighted by atomic mass is 9.69. The molecule has 0 bridgehead atoms. The van der Waals surface area contributed by atoms with E-state index in [9.17, 15) is 10.1 Å². The SMILES string of the molecule is CC(=O)N1CCN(c2ccc(OC[C@H]3CO[C@](Cn4ccnc4)(c4ccc(Cl)cc4Cl)O3)cc2)CC1.COc1ccc(CCN(C)CCCC(C#N)(c2ccc(OC)c(OC)c2)C(C)C)cc1OC. The minimum absolute atomic E-state index is 0.129. The first kappa shape index (κ1) is 52.7. The van der Waals surface area contributed by atoms with Crippen LogP contribution in [-0.4, -0.2) is 119 Å². The predicted octanol–water partition coefficient (Wildman–Crippen LogP) is 9.30. The summed E-state index contributed by atoms with van der Waals surface area (Å²) >= 11 is 12.7. The molecule has 2 aliphatic heterocycles. The summed E-state index contributed by atoms with van der Waals surface area (Å²) in [6.45, 7) is 11.9. The monoisotopic (exact) mass is 984 g/mol. The number of ether oxygens (including phenoxy) is 7. The van der Waals surface area contributed by atoms with Crippen molar-refractivity contribution < 1.29 is 38.0 Å². The van der Waals surface area contributed by atoms with Crippen LogP contribution >= 0.6 is 23.2 Å². The second-order valence-electron chi connectivity index (χ2n) is 17.6. The molecule has 1 amide bonds. The molecule has 0 saturated carbocycles. The van der Waals surface area contributed by atoms with E-state index in [-0.39, 0.29) is 17.9 Å². The highest BCUT2D eigenvalue weighted by molar-refractivity contribution is 6.35. The standard InChI is InChI=1S/C27H38N2O4.C26H28Cl2N4O4/c1-20(2)27(19-28,22-10-12-24(31-5)26(18-22)33-7)14-8-15-29(3)16-13-21-9-11-23(30-4)25(17-21)32-6;1-19(33)31-10-12-32(13-11-31)21-3-5-22(6-4-21)34-15-23-16-35-26(36-23,17-30-9-8-29-18-30)24-7-2-20(27)14-25(24)28/h9-12,17-18,20H,8,13-16H2,1-7H3;2-9,14,18,23H,10-13,15-17H2,1H3/t;23-,26-/m.0/s1. The van der Waals surface area contributed by atoms with Crippen molar-refractivity contribution in [3.05, 3.63) is 124 Å². The zero-order valence-electron chi connectivity index (χ0n) is 41.1. The Morgan fingerprint density at radius 2 is 1.58 bits per heavy atom. The molecule has 2 saturated heterocycles. The molecule has 16 heteroatoms. The maximum absolute atomic E-state index is 11.6. The second-order valence-corrected chi connectivity index (χ2v) is 18.5. The Kier molecular flexibility index (Phi) is 18.9. The first-order chi connectivity index (χ1) is 33.3. The molecular weight excluding hydrogens is 920 g/mol. The van der Waals surface area contributed by atoms with Gasteiger partial charge in [0.05, 0.1) is 64.4 Å². The van der Waals surface area contributed by atoms with Gasteiger partial charge in [-0.15, -0.1) is 0 Å². The highest BCUT2D eigenvalue weighted by Crippen LogP contribution is 2.42. The summed E-state index contributed by atoms with van der Waals surface area (Å²) in [6.07, 6.45) is 7.59. The van der Waals surface area contributed by atoms with Crippen LogP contribution in [0, 0.1) is 17.2 Å². The number of imidazole rings is 1. The van der Waals surface area contributed by atoms with Crippen LogP contribution in [-0.2, 0) is 38.4 Å². The average Bonchev–Trinajstić information content (AvgIpc) is 4.04. The van der Waals surface area contributed by atoms with E-state index in [0.717, 1.165) is 87.0 Å². The molecule has 14 nitrogen and oxygen atoms in total. The molecule has 1 unspecified atom stereocenters. The molecule has 7 rings (SSSR count). The Morgan fingerprint density at radius 1 is 0.899 bits per heavy atom. The van der Waals surface area contributed by atoms with Gasteiger partial charge in [-0.25, -0.2) is 4.98 Å². The number of anilines is 1. The zero-order chi connectivity index (χ0) is 49.6. The van der Waals surface area contributed by atoms with E-state index in [4.69, 9.17) is 56.4 Å². The lowest BCUT2D eigenvalue weighted by molar-refractivity contribution is -0.189. The number of nitriles is 1. The molecule has 2 fully saturated rings. The van der Waals surface area contributed by atoms with Crippen LogP contribution in [0.4, 0.5) is 5.69 Å². The number of piperazine rings is 1. The van der Waals surface area contributed by atoms with Gasteiger partial charge in [0.25, 0.3) is 0 Å². The largest absolute Gasteiger partial charge is 0.493 e. The van der Waals surface area contributed by atoms with Crippen LogP contribution < -0.4 is 28.6 Å². The third kappa shape index (κ3) is 13.3. The first-order valence-electron chi connectivity index (χ1n) is 23.3. The summed E-state index contributed by atoms with van der Waals surface area (Å²) in [5.41, 5.74) is 3.43. The number of carbonyl (C=O) groups is 1. The third-order valence-electron chi connectivity index (χ3n) is 12.9. The number of likely N-dealkylation sites (N-methyl/N-ethyl adjacent to an activating group) is 1. The van der Waals surface area contributed by atoms with E-state index in [0.29, 0.717) is 46.9 Å². The molecule has 3 heterocycles. The molecule has 0 radical (unpaired) electrons. The molecule has 1 aromatic heterocycles. The number of benzene rings is 4. The van der Waals surface area contributed by atoms with Gasteiger partial charge < -0.3 is 52.4 Å². The summed E-state index contributed by atoms with van der Waals surface area (Å²) in [5.74, 6) is 2.79. The Labute approximate surface area is 417 Å². The highest BCUT2D eigenvalue weighted by Gasteiger charge is 2.45. The first-order valence-corrected chi connectivity index (χ1v) is 24.0. The molecule has 5 aromatic rings. The van der Waals surface area contributed by atoms with Gasteiger partial charge in [-0.05, 0) is 111 Å². The number of aromatic nitrogens is 2. The van der Waals surface area contributed by atoms with E-state index in [1.54, 1.807) is 60.0 Å². The second kappa shape index (κ2) is 24.7. The van der Waals surface area contributed by atoms with E-state index >= 15 is 0 Å². The molecule has 370 valence electrons. The zero-order valence-corrected chi connectivity index (χ0v) is 42.6. The van der Waals surface area contributed by atoms with Gasteiger partial charge in [-0.1, -0.05) is 55.2 Å². The van der Waals surface area contributed by atoms with Crippen molar-refractivity contribution in [1.29, 1.82) is 5.26 Å². The van der Waals surface area contributed by atoms with Crippen molar-refractivity contribution in [2.24, 2.45) is 5.92 Å². The summed E-state index contributed by atoms with van der Waals surface area (Å²) < 4.78 is 42.2. The van der Waals surface area contributed by atoms with E-state index in [1.165, 1.54) is 5.56 Å². The summed E-state index contributed by atoms with van der Waals surface area (Å²) in [5, 5.41) is 11.3. The van der Waals surface area contributed by atoms with Crippen molar-refractivity contribution in [1.82, 2.24) is 19.4 Å². The van der Waals surface area contributed by atoms with Crippen LogP contribution in [0.5, 0.6) is 28.7 Å². The number of rotatable bonds is 20. The van der Waals surface area contributed by atoms with Crippen molar-refractivity contribution >= 4 is 34.8 Å². The lowest BCUT2D eigenvalue weighted by Gasteiger charge is -2.35. The Morgan fingerprint density at radius 3 is 2.19 bits per heavy atom. The summed E-state index contributed by atoms with van der Waals surface area (Å²) in [4.78, 5) is 22.1. The van der Waals surface area contributed by atoms with Gasteiger partial charge in [0.15, 0.2) is 23.0 Å². The molecule has 3 atom stereocenters. The summed E-state index contributed by atoms with van der Waals surface area (Å²) in [7, 11) is 8.67. The molecule has 0 aliphatic carbocycles. The minimum atomic E-state index is -1.08. The summed E-state index contributed by atoms with van der Waals surface area (Å²) in [6, 6.07) is 27.8. The quantitative estimate of drug-likeness (QED) is 0.0736. The van der Waals surface area contributed by atoms with Gasteiger partial charge in [0.2, 0.25) is 11.7 Å². The van der Waals surface area contributed by atoms with Crippen LogP contribution in [0.25, 0.3) is 0 Å². The number of halogens is 2. The minimum Gasteiger partial charge on any atom is -0.493 e. The Bertz CT molecular complexity index is 2460. The van der Waals surface area contributed by atoms with E-state index in [1.807, 2.05) is 76.3 Å². The lowest BCUT2D eigenvalue weighted by Crippen LogP contribution is -2.48. The van der Waals surface area contributed by atoms with Gasteiger partial charge in [-0.2, -0.15) is 5.26 Å². The van der Waals surface area contributed by atoms with Gasteiger partial charge in [0, 0.05) is 68.3 Å². The molecule has 69 heavy (non-hydrogen) atoms. The van der Waals surface area contributed by atoms with Crippen molar-refractivity contribution in [3.63, 3.8) is 0 Å². The van der Waals surface area contributed by atoms with Crippen LogP contribution in [0.1, 0.15) is 50.3 Å². The van der Waals surface area contributed by atoms with Crippen molar-refractivity contribution in [2.75, 3.05) is 92.9 Å². The number of nitrogens with zero attached hydrogens (tertiary/aromatic N) is 6. The number of hydrogen-bond acceptors (Lipinski definition) is 12. The Hall–Kier alpha value is -5.69. The fourth-order valence-corrected chi connectivity index (χ4v) is 9.37. The Balaban J connectivity index is 0.000000228. The van der Waals surface area contributed by atoms with Crippen molar-refractivity contribution in [3.8, 4) is 34.8 Å². The number of carbonyl (C=O) groups excluding carboxylic acids is 1. The number of methoxy groups -OCH3 is 4. The van der Waals surface area contributed by atoms with Crippen LogP contribution in [0.15, 0.2) is 97.6 Å². The van der Waals surface area contributed by atoms with Gasteiger partial charge in [-0.3, -0.25) is 4.79 Å². The van der Waals surface area contributed by atoms with Gasteiger partial charge in [0.1, 0.15) is 18.5 Å². The fraction of sp³-hybridized carbons (Fsp3) is 0.453. The van der Waals surface area contributed by atoms with Crippen LogP contribution in [0.2, 0.25) is 10.0 Å². The topological polar surface area (TPSA) is 133 Å². The third-order valence-corrected chi connectivity index (χ3v) is 13.5. The highest BCUT2D eigenvalue weighted by atomic mass is 35.5. The average molecular weight is 986 g/mol. The van der Waals surface area contributed by atoms with E-state index in [2.05, 4.69) is 47.8 Å². The molecule has 0 N–H and O–H groups in total. The normalized spacial score (nSPS) is 17.7. The molecule has 2 aliphatic rings. The van der Waals surface area contributed by atoms with Crippen LogP contribution in [0.3, 0.4) is 0 Å². The molecule has 0 spiro atoms. The fourth-order valence-electron chi connectivity index (χ4n) is 8.82. The van der Waals surface area contributed by atoms with Gasteiger partial charge >= 0.3 is 0 Å².